The van der Waals surface area contributed by atoms with Crippen LogP contribution in [-0.4, -0.2) is 22.7 Å². The number of hydrogen-bond donors (Lipinski definition) is 0. The molecule has 0 spiro atoms. The molecule has 122 valence electrons. The van der Waals surface area contributed by atoms with Crippen LogP contribution in [0.4, 0.5) is 4.39 Å². The van der Waals surface area contributed by atoms with Gasteiger partial charge < -0.3 is 9.15 Å². The molecule has 24 heavy (non-hydrogen) atoms. The van der Waals surface area contributed by atoms with Crippen LogP contribution in [0.2, 0.25) is 0 Å². The molecule has 0 fully saturated rings. The van der Waals surface area contributed by atoms with E-state index in [0.717, 1.165) is 0 Å². The van der Waals surface area contributed by atoms with Crippen molar-refractivity contribution in [3.63, 3.8) is 0 Å². The molecule has 0 amide bonds. The number of Topliss-reactive ketones (excluding diaryl/α,β-unsaturated/α-hetero) is 1. The number of aromatic nitrogens is 2. The van der Waals surface area contributed by atoms with E-state index in [9.17, 15) is 9.18 Å². The third-order valence-corrected chi connectivity index (χ3v) is 3.70. The standard InChI is InChI=1S/C17H13FN2O3S/c1-22-14-8-4-11(5-9-14)15(21)10-20-17(24)23-16(19-20)12-2-6-13(18)7-3-12/h2-9H,10H2,1H3. The van der Waals surface area contributed by atoms with E-state index in [1.807, 2.05) is 0 Å². The second-order valence-electron chi connectivity index (χ2n) is 4.99. The minimum Gasteiger partial charge on any atom is -0.497 e. The monoisotopic (exact) mass is 344 g/mol. The lowest BCUT2D eigenvalue weighted by atomic mass is 10.1. The molecule has 1 heterocycles. The lowest BCUT2D eigenvalue weighted by molar-refractivity contribution is 0.0966. The first-order chi connectivity index (χ1) is 11.6. The van der Waals surface area contributed by atoms with E-state index in [2.05, 4.69) is 5.10 Å². The van der Waals surface area contributed by atoms with Crippen LogP contribution in [0.1, 0.15) is 10.4 Å². The van der Waals surface area contributed by atoms with Crippen molar-refractivity contribution < 1.29 is 18.3 Å². The summed E-state index contributed by atoms with van der Waals surface area (Å²) in [6, 6.07) is 12.4. The second kappa shape index (κ2) is 6.76. The summed E-state index contributed by atoms with van der Waals surface area (Å²) in [6.45, 7) is -0.0458. The van der Waals surface area contributed by atoms with Gasteiger partial charge in [0.25, 0.3) is 4.84 Å². The Morgan fingerprint density at radius 1 is 1.21 bits per heavy atom. The molecule has 0 aliphatic heterocycles. The van der Waals surface area contributed by atoms with E-state index >= 15 is 0 Å². The van der Waals surface area contributed by atoms with Gasteiger partial charge in [-0.2, -0.15) is 0 Å². The van der Waals surface area contributed by atoms with Crippen LogP contribution in [0.15, 0.2) is 52.9 Å². The maximum absolute atomic E-state index is 13.0. The maximum atomic E-state index is 13.0. The first-order valence-corrected chi connectivity index (χ1v) is 7.49. The Kier molecular flexibility index (Phi) is 4.52. The summed E-state index contributed by atoms with van der Waals surface area (Å²) in [7, 11) is 1.56. The summed E-state index contributed by atoms with van der Waals surface area (Å²) >= 11 is 5.09. The van der Waals surface area contributed by atoms with Crippen LogP contribution in [0.25, 0.3) is 11.5 Å². The van der Waals surface area contributed by atoms with Gasteiger partial charge >= 0.3 is 0 Å². The summed E-state index contributed by atoms with van der Waals surface area (Å²) in [6.07, 6.45) is 0. The molecule has 3 aromatic rings. The van der Waals surface area contributed by atoms with Gasteiger partial charge in [0.05, 0.1) is 7.11 Å². The highest BCUT2D eigenvalue weighted by Crippen LogP contribution is 2.18. The molecule has 0 atom stereocenters. The topological polar surface area (TPSA) is 57.3 Å². The molecular formula is C17H13FN2O3S. The van der Waals surface area contributed by atoms with Gasteiger partial charge in [-0.05, 0) is 60.7 Å². The molecule has 5 nitrogen and oxygen atoms in total. The van der Waals surface area contributed by atoms with Crippen LogP contribution in [0.3, 0.4) is 0 Å². The highest BCUT2D eigenvalue weighted by atomic mass is 32.1. The Morgan fingerprint density at radius 3 is 2.50 bits per heavy atom. The molecule has 3 rings (SSSR count). The highest BCUT2D eigenvalue weighted by molar-refractivity contribution is 7.71. The van der Waals surface area contributed by atoms with Crippen molar-refractivity contribution in [1.29, 1.82) is 0 Å². The van der Waals surface area contributed by atoms with Crippen molar-refractivity contribution in [3.05, 3.63) is 64.7 Å². The number of benzene rings is 2. The molecule has 0 unspecified atom stereocenters. The lowest BCUT2D eigenvalue weighted by Crippen LogP contribution is -2.11. The fourth-order valence-corrected chi connectivity index (χ4v) is 2.30. The number of ketones is 1. The van der Waals surface area contributed by atoms with Crippen molar-refractivity contribution in [2.75, 3.05) is 7.11 Å². The molecule has 0 saturated carbocycles. The molecule has 1 aromatic heterocycles. The number of nitrogens with zero attached hydrogens (tertiary/aromatic N) is 2. The Hall–Kier alpha value is -2.80. The van der Waals surface area contributed by atoms with Gasteiger partial charge in [0.15, 0.2) is 5.78 Å². The zero-order valence-electron chi connectivity index (χ0n) is 12.7. The average Bonchev–Trinajstić information content (AvgIpc) is 2.96. The highest BCUT2D eigenvalue weighted by Gasteiger charge is 2.13. The van der Waals surface area contributed by atoms with Crippen molar-refractivity contribution in [1.82, 2.24) is 9.78 Å². The van der Waals surface area contributed by atoms with Gasteiger partial charge in [0, 0.05) is 11.1 Å². The van der Waals surface area contributed by atoms with Gasteiger partial charge in [0.1, 0.15) is 18.1 Å². The van der Waals surface area contributed by atoms with Crippen LogP contribution in [0.5, 0.6) is 5.75 Å². The van der Waals surface area contributed by atoms with E-state index in [4.69, 9.17) is 21.4 Å². The first-order valence-electron chi connectivity index (χ1n) is 7.08. The van der Waals surface area contributed by atoms with E-state index in [1.165, 1.54) is 28.9 Å². The van der Waals surface area contributed by atoms with Crippen LogP contribution in [0, 0.1) is 10.7 Å². The number of ether oxygens (including phenoxy) is 1. The van der Waals surface area contributed by atoms with Crippen LogP contribution >= 0.6 is 12.2 Å². The largest absolute Gasteiger partial charge is 0.497 e. The smallest absolute Gasteiger partial charge is 0.287 e. The Labute approximate surface area is 142 Å². The Bertz CT molecular complexity index is 914. The van der Waals surface area contributed by atoms with Crippen LogP contribution < -0.4 is 4.74 Å². The maximum Gasteiger partial charge on any atom is 0.287 e. The van der Waals surface area contributed by atoms with Gasteiger partial charge in [-0.1, -0.05) is 0 Å². The predicted octanol–water partition coefficient (Wildman–Crippen LogP) is 3.90. The van der Waals surface area contributed by atoms with E-state index in [0.29, 0.717) is 16.9 Å². The average molecular weight is 344 g/mol. The summed E-state index contributed by atoms with van der Waals surface area (Å²) < 4.78 is 24.7. The predicted molar refractivity (Wildman–Crippen MR) is 88.0 cm³/mol. The third-order valence-electron chi connectivity index (χ3n) is 3.40. The molecule has 0 N–H and O–H groups in total. The number of hydrogen-bond acceptors (Lipinski definition) is 5. The van der Waals surface area contributed by atoms with E-state index < -0.39 is 0 Å². The Balaban J connectivity index is 1.81. The van der Waals surface area contributed by atoms with Gasteiger partial charge in [-0.25, -0.2) is 9.07 Å². The van der Waals surface area contributed by atoms with Crippen molar-refractivity contribution in [3.8, 4) is 17.2 Å². The third kappa shape index (κ3) is 3.41. The summed E-state index contributed by atoms with van der Waals surface area (Å²) in [5.74, 6) is 0.393. The Morgan fingerprint density at radius 2 is 1.88 bits per heavy atom. The number of rotatable bonds is 5. The van der Waals surface area contributed by atoms with Crippen molar-refractivity contribution in [2.45, 2.75) is 6.54 Å². The molecule has 0 saturated heterocycles. The quantitative estimate of drug-likeness (QED) is 0.519. The fourth-order valence-electron chi connectivity index (χ4n) is 2.12. The number of halogens is 1. The summed E-state index contributed by atoms with van der Waals surface area (Å²) in [4.78, 5) is 12.4. The summed E-state index contributed by atoms with van der Waals surface area (Å²) in [5, 5.41) is 4.19. The second-order valence-corrected chi connectivity index (χ2v) is 5.34. The molecule has 0 bridgehead atoms. The molecule has 0 radical (unpaired) electrons. The molecule has 0 aliphatic rings. The van der Waals surface area contributed by atoms with Crippen molar-refractivity contribution >= 4 is 18.0 Å². The van der Waals surface area contributed by atoms with Crippen LogP contribution in [-0.2, 0) is 6.54 Å². The minimum atomic E-state index is -0.355. The minimum absolute atomic E-state index is 0.0458. The zero-order chi connectivity index (χ0) is 17.1. The molecule has 7 heteroatoms. The SMILES string of the molecule is COc1ccc(C(=O)Cn2nc(-c3ccc(F)cc3)oc2=S)cc1. The summed E-state index contributed by atoms with van der Waals surface area (Å²) in [5.41, 5.74) is 1.10. The molecular weight excluding hydrogens is 331 g/mol. The van der Waals surface area contributed by atoms with Gasteiger partial charge in [0.2, 0.25) is 5.89 Å². The number of carbonyl (C=O) groups excluding carboxylic acids is 1. The number of carbonyl (C=O) groups is 1. The lowest BCUT2D eigenvalue weighted by Gasteiger charge is -2.02. The van der Waals surface area contributed by atoms with Gasteiger partial charge in [-0.15, -0.1) is 5.10 Å². The number of methoxy groups -OCH3 is 1. The molecule has 2 aromatic carbocycles. The van der Waals surface area contributed by atoms with Gasteiger partial charge in [-0.3, -0.25) is 4.79 Å². The van der Waals surface area contributed by atoms with Crippen molar-refractivity contribution in [2.24, 2.45) is 0 Å². The van der Waals surface area contributed by atoms with E-state index in [-0.39, 0.29) is 28.9 Å². The normalized spacial score (nSPS) is 10.6. The zero-order valence-corrected chi connectivity index (χ0v) is 13.5. The van der Waals surface area contributed by atoms with E-state index in [1.54, 1.807) is 31.4 Å². The fraction of sp³-hybridized carbons (Fsp3) is 0.118. The molecule has 0 aliphatic carbocycles. The first kappa shape index (κ1) is 16.1.